The highest BCUT2D eigenvalue weighted by Crippen LogP contribution is 2.33. The molecule has 0 spiro atoms. The second-order valence-electron chi connectivity index (χ2n) is 6.36. The van der Waals surface area contributed by atoms with Crippen molar-refractivity contribution in [1.82, 2.24) is 9.88 Å². The van der Waals surface area contributed by atoms with Gasteiger partial charge in [0.1, 0.15) is 5.75 Å². The van der Waals surface area contributed by atoms with Crippen molar-refractivity contribution in [3.8, 4) is 5.75 Å². The third-order valence-corrected chi connectivity index (χ3v) is 4.90. The Labute approximate surface area is 151 Å². The fourth-order valence-corrected chi connectivity index (χ4v) is 3.40. The predicted molar refractivity (Wildman–Crippen MR) is 99.2 cm³/mol. The van der Waals surface area contributed by atoms with Gasteiger partial charge in [-0.05, 0) is 48.7 Å². The number of methoxy groups -OCH3 is 1. The molecule has 4 nitrogen and oxygen atoms in total. The van der Waals surface area contributed by atoms with Gasteiger partial charge in [-0.25, -0.2) is 0 Å². The van der Waals surface area contributed by atoms with Crippen molar-refractivity contribution in [3.05, 3.63) is 64.8 Å². The Morgan fingerprint density at radius 3 is 2.88 bits per heavy atom. The molecular formula is C20H19ClN2O2. The topological polar surface area (TPSA) is 45.3 Å². The molecule has 0 bridgehead atoms. The number of aromatic nitrogens is 1. The first-order valence-corrected chi connectivity index (χ1v) is 8.74. The van der Waals surface area contributed by atoms with Crippen LogP contribution in [-0.2, 0) is 6.54 Å². The molecule has 1 aliphatic rings. The summed E-state index contributed by atoms with van der Waals surface area (Å²) in [5.41, 5.74) is 2.74. The SMILES string of the molecule is COc1ccc(Cl)cc1C(=O)N(Cc1cccc2[nH]ccc12)C1CC1. The zero-order valence-electron chi connectivity index (χ0n) is 14.0. The van der Waals surface area contributed by atoms with Crippen LogP contribution in [0.1, 0.15) is 28.8 Å². The van der Waals surface area contributed by atoms with Gasteiger partial charge in [-0.1, -0.05) is 23.7 Å². The number of carbonyl (C=O) groups excluding carboxylic acids is 1. The fourth-order valence-electron chi connectivity index (χ4n) is 3.23. The standard InChI is InChI=1S/C20H19ClN2O2/c1-25-19-8-5-14(21)11-17(19)20(24)23(15-6-7-15)12-13-3-2-4-18-16(13)9-10-22-18/h2-5,8-11,15,22H,6-7,12H2,1H3. The number of rotatable bonds is 5. The molecular weight excluding hydrogens is 336 g/mol. The summed E-state index contributed by atoms with van der Waals surface area (Å²) in [6, 6.07) is 13.6. The van der Waals surface area contributed by atoms with Gasteiger partial charge in [0.15, 0.2) is 0 Å². The summed E-state index contributed by atoms with van der Waals surface area (Å²) in [6.45, 7) is 0.578. The van der Waals surface area contributed by atoms with Crippen molar-refractivity contribution in [2.24, 2.45) is 0 Å². The lowest BCUT2D eigenvalue weighted by Crippen LogP contribution is -2.33. The molecule has 1 N–H and O–H groups in total. The minimum atomic E-state index is -0.0330. The molecule has 1 fully saturated rings. The minimum Gasteiger partial charge on any atom is -0.496 e. The zero-order valence-corrected chi connectivity index (χ0v) is 14.7. The average molecular weight is 355 g/mol. The number of ether oxygens (including phenoxy) is 1. The molecule has 0 radical (unpaired) electrons. The highest BCUT2D eigenvalue weighted by Gasteiger charge is 2.34. The molecule has 1 aromatic heterocycles. The number of hydrogen-bond donors (Lipinski definition) is 1. The Kier molecular flexibility index (Phi) is 4.14. The number of fused-ring (bicyclic) bond motifs is 1. The van der Waals surface area contributed by atoms with E-state index in [4.69, 9.17) is 16.3 Å². The highest BCUT2D eigenvalue weighted by molar-refractivity contribution is 6.31. The van der Waals surface area contributed by atoms with Crippen molar-refractivity contribution in [2.75, 3.05) is 7.11 Å². The van der Waals surface area contributed by atoms with E-state index in [-0.39, 0.29) is 11.9 Å². The maximum absolute atomic E-state index is 13.2. The van der Waals surface area contributed by atoms with Gasteiger partial charge in [-0.3, -0.25) is 4.79 Å². The third-order valence-electron chi connectivity index (χ3n) is 4.67. The number of nitrogens with one attached hydrogen (secondary N) is 1. The molecule has 0 saturated heterocycles. The Morgan fingerprint density at radius 2 is 2.12 bits per heavy atom. The van der Waals surface area contributed by atoms with Gasteiger partial charge in [0.25, 0.3) is 5.91 Å². The van der Waals surface area contributed by atoms with E-state index >= 15 is 0 Å². The first-order chi connectivity index (χ1) is 12.2. The van der Waals surface area contributed by atoms with Crippen LogP contribution in [0.3, 0.4) is 0 Å². The van der Waals surface area contributed by atoms with Gasteiger partial charge in [0.05, 0.1) is 12.7 Å². The first kappa shape index (κ1) is 16.0. The van der Waals surface area contributed by atoms with Crippen LogP contribution < -0.4 is 4.74 Å². The molecule has 0 unspecified atom stereocenters. The summed E-state index contributed by atoms with van der Waals surface area (Å²) in [5, 5.41) is 1.69. The zero-order chi connectivity index (χ0) is 17.4. The van der Waals surface area contributed by atoms with Crippen LogP contribution in [-0.4, -0.2) is 28.9 Å². The summed E-state index contributed by atoms with van der Waals surface area (Å²) in [5.74, 6) is 0.522. The third kappa shape index (κ3) is 3.10. The minimum absolute atomic E-state index is 0.0330. The summed E-state index contributed by atoms with van der Waals surface area (Å²) in [6.07, 6.45) is 4.01. The van der Waals surface area contributed by atoms with Crippen LogP contribution in [0.4, 0.5) is 0 Å². The number of aromatic amines is 1. The molecule has 5 heteroatoms. The van der Waals surface area contributed by atoms with Crippen LogP contribution in [0.25, 0.3) is 10.9 Å². The summed E-state index contributed by atoms with van der Waals surface area (Å²) in [4.78, 5) is 18.4. The van der Waals surface area contributed by atoms with Gasteiger partial charge >= 0.3 is 0 Å². The van der Waals surface area contributed by atoms with Gasteiger partial charge in [0, 0.05) is 34.7 Å². The molecule has 2 aromatic carbocycles. The van der Waals surface area contributed by atoms with Gasteiger partial charge < -0.3 is 14.6 Å². The van der Waals surface area contributed by atoms with Crippen LogP contribution in [0.2, 0.25) is 5.02 Å². The number of hydrogen-bond acceptors (Lipinski definition) is 2. The van der Waals surface area contributed by atoms with Crippen LogP contribution in [0.15, 0.2) is 48.7 Å². The van der Waals surface area contributed by atoms with Gasteiger partial charge in [-0.15, -0.1) is 0 Å². The largest absolute Gasteiger partial charge is 0.496 e. The molecule has 0 aliphatic heterocycles. The van der Waals surface area contributed by atoms with Gasteiger partial charge in [0.2, 0.25) is 0 Å². The Bertz CT molecular complexity index is 930. The van der Waals surface area contributed by atoms with E-state index in [0.29, 0.717) is 22.9 Å². The highest BCUT2D eigenvalue weighted by atomic mass is 35.5. The van der Waals surface area contributed by atoms with Crippen LogP contribution in [0.5, 0.6) is 5.75 Å². The Hall–Kier alpha value is -2.46. The molecule has 3 aromatic rings. The quantitative estimate of drug-likeness (QED) is 0.725. The molecule has 25 heavy (non-hydrogen) atoms. The number of H-pyrrole nitrogens is 1. The fraction of sp³-hybridized carbons (Fsp3) is 0.250. The van der Waals surface area contributed by atoms with E-state index in [9.17, 15) is 4.79 Å². The molecule has 1 amide bonds. The smallest absolute Gasteiger partial charge is 0.258 e. The van der Waals surface area contributed by atoms with E-state index in [1.54, 1.807) is 25.3 Å². The van der Waals surface area contributed by atoms with Crippen molar-refractivity contribution in [3.63, 3.8) is 0 Å². The van der Waals surface area contributed by atoms with Crippen molar-refractivity contribution in [1.29, 1.82) is 0 Å². The molecule has 1 heterocycles. The summed E-state index contributed by atoms with van der Waals surface area (Å²) in [7, 11) is 1.57. The number of nitrogens with zero attached hydrogens (tertiary/aromatic N) is 1. The summed E-state index contributed by atoms with van der Waals surface area (Å²) >= 11 is 6.11. The van der Waals surface area contributed by atoms with E-state index in [1.165, 1.54) is 0 Å². The van der Waals surface area contributed by atoms with Crippen LogP contribution in [0, 0.1) is 0 Å². The number of halogens is 1. The van der Waals surface area contributed by atoms with Gasteiger partial charge in [-0.2, -0.15) is 0 Å². The summed E-state index contributed by atoms with van der Waals surface area (Å²) < 4.78 is 5.37. The Morgan fingerprint density at radius 1 is 1.28 bits per heavy atom. The van der Waals surface area contributed by atoms with E-state index in [1.807, 2.05) is 23.2 Å². The van der Waals surface area contributed by atoms with Crippen molar-refractivity contribution >= 4 is 28.4 Å². The van der Waals surface area contributed by atoms with E-state index in [2.05, 4.69) is 17.1 Å². The van der Waals surface area contributed by atoms with Crippen LogP contribution >= 0.6 is 11.6 Å². The first-order valence-electron chi connectivity index (χ1n) is 8.37. The normalized spacial score (nSPS) is 13.8. The number of carbonyl (C=O) groups is 1. The lowest BCUT2D eigenvalue weighted by atomic mass is 10.1. The maximum atomic E-state index is 13.2. The van der Waals surface area contributed by atoms with Crippen molar-refractivity contribution in [2.45, 2.75) is 25.4 Å². The maximum Gasteiger partial charge on any atom is 0.258 e. The van der Waals surface area contributed by atoms with E-state index in [0.717, 1.165) is 29.3 Å². The Balaban J connectivity index is 1.69. The molecule has 1 aliphatic carbocycles. The second-order valence-corrected chi connectivity index (χ2v) is 6.80. The molecule has 4 rings (SSSR count). The van der Waals surface area contributed by atoms with E-state index < -0.39 is 0 Å². The molecule has 0 atom stereocenters. The average Bonchev–Trinajstić information content (AvgIpc) is 3.35. The van der Waals surface area contributed by atoms with Crippen molar-refractivity contribution < 1.29 is 9.53 Å². The molecule has 1 saturated carbocycles. The second kappa shape index (κ2) is 6.45. The number of benzene rings is 2. The molecule has 128 valence electrons. The number of amides is 1. The predicted octanol–water partition coefficient (Wildman–Crippen LogP) is 4.63. The lowest BCUT2D eigenvalue weighted by Gasteiger charge is -2.24. The monoisotopic (exact) mass is 354 g/mol. The lowest BCUT2D eigenvalue weighted by molar-refractivity contribution is 0.0727.